The Hall–Kier alpha value is -2.92. The van der Waals surface area contributed by atoms with Gasteiger partial charge in [0.15, 0.2) is 0 Å². The van der Waals surface area contributed by atoms with Crippen molar-refractivity contribution in [1.29, 1.82) is 0 Å². The van der Waals surface area contributed by atoms with Gasteiger partial charge in [-0.1, -0.05) is 74.5 Å². The van der Waals surface area contributed by atoms with Crippen LogP contribution in [0.15, 0.2) is 73.2 Å². The Morgan fingerprint density at radius 3 is 2.11 bits per heavy atom. The average molecular weight is 377 g/mol. The summed E-state index contributed by atoms with van der Waals surface area (Å²) in [7, 11) is 0. The number of amides is 1. The molecule has 0 bridgehead atoms. The van der Waals surface area contributed by atoms with Gasteiger partial charge in [0.2, 0.25) is 0 Å². The summed E-state index contributed by atoms with van der Waals surface area (Å²) in [5, 5.41) is 3.04. The van der Waals surface area contributed by atoms with Gasteiger partial charge in [-0.3, -0.25) is 4.79 Å². The lowest BCUT2D eigenvalue weighted by atomic mass is 9.98. The molecule has 1 heterocycles. The lowest BCUT2D eigenvalue weighted by Gasteiger charge is -2.22. The smallest absolute Gasteiger partial charge is 0.269 e. The first-order valence-electron chi connectivity index (χ1n) is 9.86. The van der Waals surface area contributed by atoms with Gasteiger partial charge in [-0.05, 0) is 24.2 Å². The number of benzene rings is 2. The van der Waals surface area contributed by atoms with E-state index in [0.717, 1.165) is 30.8 Å². The highest BCUT2D eigenvalue weighted by molar-refractivity contribution is 5.92. The molecule has 0 atom stereocenters. The number of nitrogens with zero attached hydrogens (tertiary/aromatic N) is 3. The standard InChI is InChI=1S/C23H28N4O/c1-3-26(4-2)16-15-25-23(28)21-17-24-18-27(21)22(19-11-7-5-8-12-19)20-13-9-6-10-14-20/h5-14,17-18,22H,3-4,15-16H2,1-2H3,(H,25,28). The number of carbonyl (C=O) groups excluding carboxylic acids is 1. The third-order valence-corrected chi connectivity index (χ3v) is 5.02. The molecule has 0 aliphatic carbocycles. The molecule has 0 spiro atoms. The van der Waals surface area contributed by atoms with Gasteiger partial charge in [-0.25, -0.2) is 4.98 Å². The van der Waals surface area contributed by atoms with Crippen molar-refractivity contribution < 1.29 is 4.79 Å². The molecule has 0 unspecified atom stereocenters. The largest absolute Gasteiger partial charge is 0.349 e. The Balaban J connectivity index is 1.85. The van der Waals surface area contributed by atoms with Crippen LogP contribution in [0.25, 0.3) is 0 Å². The fraction of sp³-hybridized carbons (Fsp3) is 0.304. The Labute approximate surface area is 167 Å². The number of hydrogen-bond donors (Lipinski definition) is 1. The predicted molar refractivity (Wildman–Crippen MR) is 112 cm³/mol. The molecule has 1 aromatic heterocycles. The molecule has 146 valence electrons. The monoisotopic (exact) mass is 376 g/mol. The van der Waals surface area contributed by atoms with Crippen molar-refractivity contribution in [1.82, 2.24) is 19.8 Å². The molecule has 5 nitrogen and oxygen atoms in total. The van der Waals surface area contributed by atoms with Crippen LogP contribution in [0.4, 0.5) is 0 Å². The Kier molecular flexibility index (Phi) is 6.98. The summed E-state index contributed by atoms with van der Waals surface area (Å²) in [5.74, 6) is -0.0958. The Bertz CT molecular complexity index is 817. The van der Waals surface area contributed by atoms with Crippen molar-refractivity contribution in [3.63, 3.8) is 0 Å². The minimum absolute atomic E-state index is 0.0958. The summed E-state index contributed by atoms with van der Waals surface area (Å²) in [6.07, 6.45) is 3.38. The predicted octanol–water partition coefficient (Wildman–Crippen LogP) is 3.59. The van der Waals surface area contributed by atoms with E-state index in [4.69, 9.17) is 0 Å². The van der Waals surface area contributed by atoms with Crippen LogP contribution in [0.5, 0.6) is 0 Å². The van der Waals surface area contributed by atoms with Crippen LogP contribution in [0, 0.1) is 0 Å². The summed E-state index contributed by atoms with van der Waals surface area (Å²) in [6, 6.07) is 20.3. The van der Waals surface area contributed by atoms with Gasteiger partial charge in [-0.15, -0.1) is 0 Å². The van der Waals surface area contributed by atoms with Crippen LogP contribution in [-0.4, -0.2) is 46.5 Å². The quantitative estimate of drug-likeness (QED) is 0.621. The molecule has 3 aromatic rings. The van der Waals surface area contributed by atoms with Crippen molar-refractivity contribution in [2.75, 3.05) is 26.2 Å². The van der Waals surface area contributed by atoms with E-state index in [9.17, 15) is 4.79 Å². The highest BCUT2D eigenvalue weighted by Crippen LogP contribution is 2.27. The summed E-state index contributed by atoms with van der Waals surface area (Å²) in [4.78, 5) is 19.4. The van der Waals surface area contributed by atoms with Crippen LogP contribution in [0.1, 0.15) is 41.5 Å². The van der Waals surface area contributed by atoms with Gasteiger partial charge in [0.1, 0.15) is 5.69 Å². The van der Waals surface area contributed by atoms with E-state index in [2.05, 4.69) is 53.3 Å². The number of carbonyl (C=O) groups is 1. The fourth-order valence-corrected chi connectivity index (χ4v) is 3.43. The molecule has 0 fully saturated rings. The van der Waals surface area contributed by atoms with Crippen LogP contribution < -0.4 is 5.32 Å². The highest BCUT2D eigenvalue weighted by Gasteiger charge is 2.21. The van der Waals surface area contributed by atoms with Crippen LogP contribution >= 0.6 is 0 Å². The van der Waals surface area contributed by atoms with E-state index >= 15 is 0 Å². The number of likely N-dealkylation sites (N-methyl/N-ethyl adjacent to an activating group) is 1. The van der Waals surface area contributed by atoms with Crippen LogP contribution in [0.2, 0.25) is 0 Å². The van der Waals surface area contributed by atoms with Crippen molar-refractivity contribution >= 4 is 5.91 Å². The fourth-order valence-electron chi connectivity index (χ4n) is 3.43. The van der Waals surface area contributed by atoms with E-state index in [-0.39, 0.29) is 11.9 Å². The third-order valence-electron chi connectivity index (χ3n) is 5.02. The molecule has 2 aromatic carbocycles. The topological polar surface area (TPSA) is 50.2 Å². The first-order valence-corrected chi connectivity index (χ1v) is 9.86. The maximum Gasteiger partial charge on any atom is 0.269 e. The Morgan fingerprint density at radius 2 is 1.57 bits per heavy atom. The lowest BCUT2D eigenvalue weighted by Crippen LogP contribution is -2.35. The first kappa shape index (κ1) is 19.8. The van der Waals surface area contributed by atoms with E-state index in [1.54, 1.807) is 12.5 Å². The number of aromatic nitrogens is 2. The maximum atomic E-state index is 12.9. The zero-order valence-electron chi connectivity index (χ0n) is 16.6. The van der Waals surface area contributed by atoms with Gasteiger partial charge in [0, 0.05) is 13.1 Å². The van der Waals surface area contributed by atoms with Gasteiger partial charge in [0.25, 0.3) is 5.91 Å². The molecule has 0 saturated carbocycles. The highest BCUT2D eigenvalue weighted by atomic mass is 16.2. The average Bonchev–Trinajstić information content (AvgIpc) is 3.22. The molecular formula is C23H28N4O. The van der Waals surface area contributed by atoms with Gasteiger partial charge in [0.05, 0.1) is 18.6 Å². The summed E-state index contributed by atoms with van der Waals surface area (Å²) in [5.41, 5.74) is 2.80. The van der Waals surface area contributed by atoms with Crippen molar-refractivity contribution in [2.45, 2.75) is 19.9 Å². The molecule has 1 amide bonds. The van der Waals surface area contributed by atoms with Gasteiger partial charge >= 0.3 is 0 Å². The molecular weight excluding hydrogens is 348 g/mol. The van der Waals surface area contributed by atoms with E-state index in [1.807, 2.05) is 41.0 Å². The van der Waals surface area contributed by atoms with Crippen molar-refractivity contribution in [2.24, 2.45) is 0 Å². The maximum absolute atomic E-state index is 12.9. The van der Waals surface area contributed by atoms with E-state index in [0.29, 0.717) is 12.2 Å². The summed E-state index contributed by atoms with van der Waals surface area (Å²) in [6.45, 7) is 7.68. The lowest BCUT2D eigenvalue weighted by molar-refractivity contribution is 0.0939. The van der Waals surface area contributed by atoms with Crippen LogP contribution in [-0.2, 0) is 0 Å². The van der Waals surface area contributed by atoms with Gasteiger partial charge < -0.3 is 14.8 Å². The summed E-state index contributed by atoms with van der Waals surface area (Å²) >= 11 is 0. The molecule has 0 aliphatic rings. The molecule has 3 rings (SSSR count). The zero-order chi connectivity index (χ0) is 19.8. The normalized spacial score (nSPS) is 11.1. The van der Waals surface area contributed by atoms with E-state index < -0.39 is 0 Å². The first-order chi connectivity index (χ1) is 13.7. The second-order valence-corrected chi connectivity index (χ2v) is 6.69. The van der Waals surface area contributed by atoms with Crippen molar-refractivity contribution in [3.05, 3.63) is 90.0 Å². The molecule has 0 saturated heterocycles. The molecule has 1 N–H and O–H groups in total. The van der Waals surface area contributed by atoms with E-state index in [1.165, 1.54) is 0 Å². The number of imidazole rings is 1. The molecule has 0 radical (unpaired) electrons. The number of hydrogen-bond acceptors (Lipinski definition) is 3. The SMILES string of the molecule is CCN(CC)CCNC(=O)c1cncn1C(c1ccccc1)c1ccccc1. The number of rotatable bonds is 9. The minimum atomic E-state index is -0.103. The Morgan fingerprint density at radius 1 is 1.00 bits per heavy atom. The van der Waals surface area contributed by atoms with Crippen molar-refractivity contribution in [3.8, 4) is 0 Å². The second kappa shape index (κ2) is 9.85. The molecule has 5 heteroatoms. The second-order valence-electron chi connectivity index (χ2n) is 6.69. The number of nitrogens with one attached hydrogen (secondary N) is 1. The molecule has 28 heavy (non-hydrogen) atoms. The third kappa shape index (κ3) is 4.67. The van der Waals surface area contributed by atoms with Crippen LogP contribution in [0.3, 0.4) is 0 Å². The molecule has 0 aliphatic heterocycles. The zero-order valence-corrected chi connectivity index (χ0v) is 16.6. The van der Waals surface area contributed by atoms with Gasteiger partial charge in [-0.2, -0.15) is 0 Å². The summed E-state index contributed by atoms with van der Waals surface area (Å²) < 4.78 is 1.96. The minimum Gasteiger partial charge on any atom is -0.349 e.